The van der Waals surface area contributed by atoms with Crippen molar-refractivity contribution in [3.63, 3.8) is 0 Å². The molecule has 1 heterocycles. The van der Waals surface area contributed by atoms with Crippen molar-refractivity contribution < 1.29 is 23.3 Å². The van der Waals surface area contributed by atoms with Gasteiger partial charge in [0.15, 0.2) is 6.57 Å². The lowest BCUT2D eigenvalue weighted by Crippen LogP contribution is -2.17. The van der Waals surface area contributed by atoms with E-state index in [-0.39, 0.29) is 0 Å². The van der Waals surface area contributed by atoms with E-state index in [9.17, 15) is 14.0 Å². The third-order valence-electron chi connectivity index (χ3n) is 0.770. The van der Waals surface area contributed by atoms with Crippen LogP contribution >= 0.6 is 0 Å². The Morgan fingerprint density at radius 1 is 1.33 bits per heavy atom. The van der Waals surface area contributed by atoms with Crippen LogP contribution in [0.25, 0.3) is 0 Å². The molecule has 0 spiro atoms. The van der Waals surface area contributed by atoms with Gasteiger partial charge in [-0.05, 0) is 0 Å². The van der Waals surface area contributed by atoms with Gasteiger partial charge in [-0.3, -0.25) is 4.39 Å². The summed E-state index contributed by atoms with van der Waals surface area (Å²) < 4.78 is 19.6. The first kappa shape index (κ1) is 6.06. The molecule has 1 fully saturated rings. The number of halogens is 1. The predicted octanol–water partition coefficient (Wildman–Crippen LogP) is -0.917. The van der Waals surface area contributed by atoms with E-state index >= 15 is 0 Å². The van der Waals surface area contributed by atoms with Crippen LogP contribution in [0.5, 0.6) is 0 Å². The number of hydrogen-bond donors (Lipinski definition) is 0. The maximum atomic E-state index is 11.5. The molecule has 0 saturated carbocycles. The molecule has 48 valence electrons. The molecule has 0 aromatic heterocycles. The smallest absolute Gasteiger partial charge is 0.489 e. The summed E-state index contributed by atoms with van der Waals surface area (Å²) in [5, 5.41) is 0. The molecule has 6 heteroatoms. The lowest BCUT2D eigenvalue weighted by Gasteiger charge is -1.90. The molecule has 0 aromatic carbocycles. The van der Waals surface area contributed by atoms with Crippen molar-refractivity contribution in [2.75, 3.05) is 6.57 Å². The number of rotatable bonds is 1. The molecule has 1 saturated heterocycles. The molecule has 0 amide bonds. The third-order valence-corrected chi connectivity index (χ3v) is 0.770. The SMILES string of the molecule is O=C1OB(CF)OC1=O. The molecule has 0 unspecified atom stereocenters. The van der Waals surface area contributed by atoms with Crippen LogP contribution < -0.4 is 0 Å². The number of hydrogen-bond acceptors (Lipinski definition) is 4. The summed E-state index contributed by atoms with van der Waals surface area (Å²) in [7, 11) is -1.31. The molecule has 1 rings (SSSR count). The van der Waals surface area contributed by atoms with Gasteiger partial charge in [-0.2, -0.15) is 0 Å². The fraction of sp³-hybridized carbons (Fsp3) is 0.333. The molecular formula is C3H2BFO4. The Bertz CT molecular complexity index is 142. The van der Waals surface area contributed by atoms with Crippen LogP contribution in [0.1, 0.15) is 0 Å². The lowest BCUT2D eigenvalue weighted by atomic mass is 9.95. The van der Waals surface area contributed by atoms with Crippen molar-refractivity contribution >= 4 is 19.1 Å². The van der Waals surface area contributed by atoms with Crippen molar-refractivity contribution in [3.8, 4) is 0 Å². The highest BCUT2D eigenvalue weighted by Crippen LogP contribution is 2.02. The minimum atomic E-state index is -1.31. The highest BCUT2D eigenvalue weighted by atomic mass is 19.1. The Morgan fingerprint density at radius 2 is 1.78 bits per heavy atom. The molecule has 9 heavy (non-hydrogen) atoms. The zero-order valence-electron chi connectivity index (χ0n) is 4.30. The highest BCUT2D eigenvalue weighted by molar-refractivity contribution is 6.59. The van der Waals surface area contributed by atoms with Crippen LogP contribution in [0.15, 0.2) is 0 Å². The summed E-state index contributed by atoms with van der Waals surface area (Å²) in [4.78, 5) is 20.2. The van der Waals surface area contributed by atoms with Gasteiger partial charge in [0, 0.05) is 0 Å². The average Bonchev–Trinajstić information content (AvgIpc) is 2.13. The van der Waals surface area contributed by atoms with Crippen molar-refractivity contribution in [1.82, 2.24) is 0 Å². The Morgan fingerprint density at radius 3 is 2.00 bits per heavy atom. The first-order valence-corrected chi connectivity index (χ1v) is 2.21. The normalized spacial score (nSPS) is 17.7. The molecule has 0 aliphatic carbocycles. The van der Waals surface area contributed by atoms with Gasteiger partial charge in [0.25, 0.3) is 0 Å². The molecule has 0 radical (unpaired) electrons. The number of carbonyl (C=O) groups excluding carboxylic acids is 2. The average molecular weight is 132 g/mol. The van der Waals surface area contributed by atoms with E-state index in [0.717, 1.165) is 0 Å². The second-order valence-corrected chi connectivity index (χ2v) is 1.39. The summed E-state index contributed by atoms with van der Waals surface area (Å²) in [5.74, 6) is -2.25. The quantitative estimate of drug-likeness (QED) is 0.342. The Hall–Kier alpha value is -1.07. The van der Waals surface area contributed by atoms with Gasteiger partial charge in [0.2, 0.25) is 0 Å². The van der Waals surface area contributed by atoms with E-state index < -0.39 is 25.6 Å². The number of alkyl halides is 1. The van der Waals surface area contributed by atoms with Gasteiger partial charge >= 0.3 is 19.1 Å². The predicted molar refractivity (Wildman–Crippen MR) is 23.9 cm³/mol. The number of carbonyl (C=O) groups is 2. The summed E-state index contributed by atoms with van der Waals surface area (Å²) in [6.07, 6.45) is 0. The summed E-state index contributed by atoms with van der Waals surface area (Å²) in [6, 6.07) is 0. The fourth-order valence-corrected chi connectivity index (χ4v) is 0.422. The minimum Gasteiger partial charge on any atom is -0.489 e. The molecule has 1 aliphatic heterocycles. The van der Waals surface area contributed by atoms with Crippen LogP contribution in [0, 0.1) is 0 Å². The topological polar surface area (TPSA) is 52.6 Å². The zero-order chi connectivity index (χ0) is 6.85. The Balaban J connectivity index is 2.54. The fourth-order valence-electron chi connectivity index (χ4n) is 0.422. The molecule has 4 nitrogen and oxygen atoms in total. The monoisotopic (exact) mass is 132 g/mol. The van der Waals surface area contributed by atoms with E-state index in [2.05, 4.69) is 9.31 Å². The van der Waals surface area contributed by atoms with Crippen molar-refractivity contribution in [2.24, 2.45) is 0 Å². The molecule has 0 aromatic rings. The van der Waals surface area contributed by atoms with E-state index in [4.69, 9.17) is 0 Å². The van der Waals surface area contributed by atoms with Crippen LogP contribution in [-0.4, -0.2) is 25.6 Å². The first-order chi connectivity index (χ1) is 4.24. The van der Waals surface area contributed by atoms with E-state index in [1.54, 1.807) is 0 Å². The van der Waals surface area contributed by atoms with E-state index in [0.29, 0.717) is 0 Å². The van der Waals surface area contributed by atoms with Gasteiger partial charge < -0.3 is 9.31 Å². The minimum absolute atomic E-state index is 0.989. The Kier molecular flexibility index (Phi) is 1.38. The van der Waals surface area contributed by atoms with E-state index in [1.807, 2.05) is 0 Å². The van der Waals surface area contributed by atoms with Crippen LogP contribution in [0.2, 0.25) is 0 Å². The standard InChI is InChI=1S/C3H2BFO4/c5-1-4-8-2(6)3(7)9-4/h1H2. The van der Waals surface area contributed by atoms with Crippen LogP contribution in [0.3, 0.4) is 0 Å². The van der Waals surface area contributed by atoms with Crippen molar-refractivity contribution in [2.45, 2.75) is 0 Å². The molecular weight excluding hydrogens is 130 g/mol. The zero-order valence-corrected chi connectivity index (χ0v) is 4.30. The maximum absolute atomic E-state index is 11.5. The summed E-state index contributed by atoms with van der Waals surface area (Å²) in [6.45, 7) is -0.989. The summed E-state index contributed by atoms with van der Waals surface area (Å²) in [5.41, 5.74) is 0. The largest absolute Gasteiger partial charge is 0.632 e. The lowest BCUT2D eigenvalue weighted by molar-refractivity contribution is -0.150. The molecule has 0 N–H and O–H groups in total. The van der Waals surface area contributed by atoms with Crippen LogP contribution in [-0.2, 0) is 18.9 Å². The summed E-state index contributed by atoms with van der Waals surface area (Å²) >= 11 is 0. The van der Waals surface area contributed by atoms with Crippen molar-refractivity contribution in [1.29, 1.82) is 0 Å². The van der Waals surface area contributed by atoms with Gasteiger partial charge in [0.1, 0.15) is 0 Å². The molecule has 0 bridgehead atoms. The highest BCUT2D eigenvalue weighted by Gasteiger charge is 2.40. The van der Waals surface area contributed by atoms with Crippen molar-refractivity contribution in [3.05, 3.63) is 0 Å². The molecule has 1 aliphatic rings. The van der Waals surface area contributed by atoms with Gasteiger partial charge in [-0.15, -0.1) is 0 Å². The maximum Gasteiger partial charge on any atom is 0.632 e. The van der Waals surface area contributed by atoms with E-state index in [1.165, 1.54) is 0 Å². The second kappa shape index (κ2) is 2.04. The van der Waals surface area contributed by atoms with Gasteiger partial charge in [0.05, 0.1) is 0 Å². The first-order valence-electron chi connectivity index (χ1n) is 2.21. The molecule has 0 atom stereocenters. The van der Waals surface area contributed by atoms with Crippen LogP contribution in [0.4, 0.5) is 4.39 Å². The third kappa shape index (κ3) is 1.01. The Labute approximate surface area is 50.1 Å². The second-order valence-electron chi connectivity index (χ2n) is 1.39. The van der Waals surface area contributed by atoms with Gasteiger partial charge in [-0.25, -0.2) is 9.59 Å². The van der Waals surface area contributed by atoms with Gasteiger partial charge in [-0.1, -0.05) is 0 Å².